The van der Waals surface area contributed by atoms with Crippen molar-refractivity contribution in [2.75, 3.05) is 39.6 Å². The summed E-state index contributed by atoms with van der Waals surface area (Å²) in [6.07, 6.45) is 0. The summed E-state index contributed by atoms with van der Waals surface area (Å²) in [5.41, 5.74) is 1.87. The Morgan fingerprint density at radius 1 is 0.630 bits per heavy atom. The fourth-order valence-corrected chi connectivity index (χ4v) is 4.38. The first-order valence-corrected chi connectivity index (χ1v) is 15.1. The Hall–Kier alpha value is -5.32. The molecule has 0 unspecified atom stereocenters. The van der Waals surface area contributed by atoms with Crippen molar-refractivity contribution < 1.29 is 38.3 Å². The van der Waals surface area contributed by atoms with Crippen molar-refractivity contribution in [2.45, 2.75) is 34.6 Å². The number of hydrogen-bond acceptors (Lipinski definition) is 11. The molecule has 0 radical (unpaired) electrons. The van der Waals surface area contributed by atoms with E-state index in [1.807, 2.05) is 52.0 Å². The van der Waals surface area contributed by atoms with Gasteiger partial charge in [-0.25, -0.2) is 19.7 Å². The number of benzene rings is 3. The van der Waals surface area contributed by atoms with Gasteiger partial charge in [-0.05, 0) is 71.0 Å². The first-order chi connectivity index (χ1) is 22.3. The van der Waals surface area contributed by atoms with Gasteiger partial charge in [-0.2, -0.15) is 0 Å². The first kappa shape index (κ1) is 33.6. The minimum atomic E-state index is -0.497. The summed E-state index contributed by atoms with van der Waals surface area (Å²) in [6, 6.07) is 15.7. The third kappa shape index (κ3) is 8.44. The van der Waals surface area contributed by atoms with Crippen LogP contribution in [0.4, 0.5) is 0 Å². The molecule has 11 heteroatoms. The van der Waals surface area contributed by atoms with E-state index in [-0.39, 0.29) is 24.8 Å². The number of hydrogen-bond donors (Lipinski definition) is 1. The molecule has 46 heavy (non-hydrogen) atoms. The summed E-state index contributed by atoms with van der Waals surface area (Å²) in [5, 5.41) is 11.1. The van der Waals surface area contributed by atoms with Crippen LogP contribution in [-0.4, -0.2) is 65.7 Å². The van der Waals surface area contributed by atoms with Crippen LogP contribution in [0, 0.1) is 0 Å². The molecule has 0 fully saturated rings. The van der Waals surface area contributed by atoms with E-state index < -0.39 is 5.97 Å². The second-order valence-corrected chi connectivity index (χ2v) is 9.80. The van der Waals surface area contributed by atoms with Crippen LogP contribution < -0.4 is 23.7 Å². The molecule has 242 valence electrons. The lowest BCUT2D eigenvalue weighted by Gasteiger charge is -2.16. The monoisotopic (exact) mass is 629 g/mol. The van der Waals surface area contributed by atoms with Gasteiger partial charge in [-0.3, -0.25) is 0 Å². The number of phenolic OH excluding ortho intramolecular Hbond substituents is 1. The van der Waals surface area contributed by atoms with E-state index in [1.54, 1.807) is 31.2 Å². The van der Waals surface area contributed by atoms with Gasteiger partial charge in [0.15, 0.2) is 17.5 Å². The molecule has 1 N–H and O–H groups in total. The van der Waals surface area contributed by atoms with Gasteiger partial charge in [0.2, 0.25) is 0 Å². The number of aromatic hydroxyl groups is 1. The molecule has 0 aliphatic rings. The smallest absolute Gasteiger partial charge is 0.333 e. The van der Waals surface area contributed by atoms with Crippen molar-refractivity contribution >= 4 is 5.97 Å². The van der Waals surface area contributed by atoms with Crippen molar-refractivity contribution in [3.05, 3.63) is 66.7 Å². The zero-order valence-corrected chi connectivity index (χ0v) is 26.8. The van der Waals surface area contributed by atoms with E-state index in [0.29, 0.717) is 89.1 Å². The largest absolute Gasteiger partial charge is 0.507 e. The van der Waals surface area contributed by atoms with E-state index in [0.717, 1.165) is 0 Å². The maximum Gasteiger partial charge on any atom is 0.333 e. The van der Waals surface area contributed by atoms with Crippen LogP contribution in [0.5, 0.6) is 34.5 Å². The minimum absolute atomic E-state index is 0.0306. The van der Waals surface area contributed by atoms with Crippen molar-refractivity contribution in [2.24, 2.45) is 0 Å². The molecule has 0 aliphatic carbocycles. The maximum atomic E-state index is 11.6. The molecule has 1 heterocycles. The second-order valence-electron chi connectivity index (χ2n) is 9.80. The first-order valence-electron chi connectivity index (χ1n) is 15.1. The van der Waals surface area contributed by atoms with Crippen LogP contribution >= 0.6 is 0 Å². The van der Waals surface area contributed by atoms with Crippen LogP contribution in [0.25, 0.3) is 34.2 Å². The summed E-state index contributed by atoms with van der Waals surface area (Å²) in [4.78, 5) is 26.0. The van der Waals surface area contributed by atoms with Gasteiger partial charge in [0, 0.05) is 23.8 Å². The Kier molecular flexibility index (Phi) is 11.8. The Balaban J connectivity index is 1.80. The molecule has 0 bridgehead atoms. The van der Waals surface area contributed by atoms with E-state index in [1.165, 1.54) is 6.07 Å². The zero-order valence-electron chi connectivity index (χ0n) is 26.8. The molecular weight excluding hydrogens is 590 g/mol. The predicted molar refractivity (Wildman–Crippen MR) is 174 cm³/mol. The summed E-state index contributed by atoms with van der Waals surface area (Å²) in [7, 11) is 0. The molecule has 0 saturated carbocycles. The molecule has 0 atom stereocenters. The van der Waals surface area contributed by atoms with E-state index in [9.17, 15) is 9.90 Å². The lowest BCUT2D eigenvalue weighted by Crippen LogP contribution is -2.12. The molecule has 0 spiro atoms. The minimum Gasteiger partial charge on any atom is -0.507 e. The number of ether oxygens (including phenoxy) is 6. The van der Waals surface area contributed by atoms with E-state index in [4.69, 9.17) is 43.4 Å². The van der Waals surface area contributed by atoms with Crippen LogP contribution in [0.1, 0.15) is 34.6 Å². The number of rotatable bonds is 16. The number of aromatic nitrogens is 3. The molecule has 4 aromatic rings. The average molecular weight is 630 g/mol. The lowest BCUT2D eigenvalue weighted by molar-refractivity contribution is -0.139. The highest BCUT2D eigenvalue weighted by molar-refractivity contribution is 5.86. The number of carbonyl (C=O) groups excluding carboxylic acids is 1. The van der Waals surface area contributed by atoms with Crippen LogP contribution in [0.3, 0.4) is 0 Å². The van der Waals surface area contributed by atoms with Crippen molar-refractivity contribution in [3.63, 3.8) is 0 Å². The van der Waals surface area contributed by atoms with Gasteiger partial charge in [-0.1, -0.05) is 6.58 Å². The van der Waals surface area contributed by atoms with Crippen LogP contribution in [-0.2, 0) is 9.53 Å². The molecule has 4 rings (SSSR count). The highest BCUT2D eigenvalue weighted by atomic mass is 16.6. The van der Waals surface area contributed by atoms with Crippen molar-refractivity contribution in [1.82, 2.24) is 15.0 Å². The second kappa shape index (κ2) is 16.1. The number of phenols is 1. The zero-order chi connectivity index (χ0) is 33.1. The number of esters is 1. The third-order valence-corrected chi connectivity index (χ3v) is 6.39. The van der Waals surface area contributed by atoms with Gasteiger partial charge in [0.05, 0.1) is 43.1 Å². The van der Waals surface area contributed by atoms with Gasteiger partial charge >= 0.3 is 5.97 Å². The van der Waals surface area contributed by atoms with E-state index in [2.05, 4.69) is 6.58 Å². The Morgan fingerprint density at radius 3 is 1.50 bits per heavy atom. The third-order valence-electron chi connectivity index (χ3n) is 6.39. The highest BCUT2D eigenvalue weighted by Gasteiger charge is 2.20. The van der Waals surface area contributed by atoms with Gasteiger partial charge in [0.1, 0.15) is 47.7 Å². The molecule has 3 aromatic carbocycles. The summed E-state index contributed by atoms with van der Waals surface area (Å²) in [6.45, 7) is 14.7. The Labute approximate surface area is 268 Å². The number of carbonyl (C=O) groups is 1. The normalized spacial score (nSPS) is 10.6. The van der Waals surface area contributed by atoms with Crippen molar-refractivity contribution in [1.29, 1.82) is 0 Å². The topological polar surface area (TPSA) is 131 Å². The summed E-state index contributed by atoms with van der Waals surface area (Å²) >= 11 is 0. The quantitative estimate of drug-likeness (QED) is 0.0810. The predicted octanol–water partition coefficient (Wildman–Crippen LogP) is 6.67. The fraction of sp³-hybridized carbons (Fsp3) is 0.314. The lowest BCUT2D eigenvalue weighted by atomic mass is 10.1. The van der Waals surface area contributed by atoms with Crippen LogP contribution in [0.2, 0.25) is 0 Å². The number of nitrogens with zero attached hydrogens (tertiary/aromatic N) is 3. The van der Waals surface area contributed by atoms with E-state index >= 15 is 0 Å². The van der Waals surface area contributed by atoms with Gasteiger partial charge in [0.25, 0.3) is 0 Å². The summed E-state index contributed by atoms with van der Waals surface area (Å²) < 4.78 is 34.0. The molecule has 11 nitrogen and oxygen atoms in total. The molecule has 1 aromatic heterocycles. The van der Waals surface area contributed by atoms with Gasteiger partial charge in [-0.15, -0.1) is 0 Å². The average Bonchev–Trinajstić information content (AvgIpc) is 3.04. The Bertz CT molecular complexity index is 1600. The maximum absolute atomic E-state index is 11.6. The van der Waals surface area contributed by atoms with Gasteiger partial charge < -0.3 is 33.5 Å². The molecule has 0 saturated heterocycles. The SMILES string of the molecule is C=C(C)C(=O)OCCOc1ccc(-c2nc(-c3ccc(OCC)cc3OCC)nc(-c3ccc(OCC)cc3OCC)n2)c(O)c1. The highest BCUT2D eigenvalue weighted by Crippen LogP contribution is 2.38. The molecule has 0 aliphatic heterocycles. The van der Waals surface area contributed by atoms with Crippen LogP contribution in [0.15, 0.2) is 66.7 Å². The van der Waals surface area contributed by atoms with Crippen molar-refractivity contribution in [3.8, 4) is 68.7 Å². The fourth-order valence-electron chi connectivity index (χ4n) is 4.38. The molecular formula is C35H39N3O8. The standard InChI is InChI=1S/C35H39N3O8/c1-7-41-24-12-15-27(30(20-24)43-9-3)33-36-32(26-14-11-23(19-29(26)39)45-17-18-46-35(40)22(5)6)37-34(38-33)28-16-13-25(42-8-2)21-31(28)44-10-4/h11-16,19-21,39H,5,7-10,17-18H2,1-4,6H3. The summed E-state index contributed by atoms with van der Waals surface area (Å²) in [5.74, 6) is 2.99. The molecule has 0 amide bonds. The Morgan fingerprint density at radius 2 is 1.07 bits per heavy atom.